The number of nitrogens with zero attached hydrogens (tertiary/aromatic N) is 3. The van der Waals surface area contributed by atoms with Crippen molar-refractivity contribution in [2.45, 2.75) is 33.2 Å². The Morgan fingerprint density at radius 2 is 2.05 bits per heavy atom. The Labute approximate surface area is 117 Å². The van der Waals surface area contributed by atoms with Crippen LogP contribution < -0.4 is 5.73 Å². The van der Waals surface area contributed by atoms with Gasteiger partial charge >= 0.3 is 0 Å². The Kier molecular flexibility index (Phi) is 3.39. The highest BCUT2D eigenvalue weighted by molar-refractivity contribution is 7.99. The van der Waals surface area contributed by atoms with Crippen molar-refractivity contribution in [1.29, 1.82) is 0 Å². The van der Waals surface area contributed by atoms with E-state index in [-0.39, 0.29) is 0 Å². The Morgan fingerprint density at radius 3 is 2.79 bits per heavy atom. The SMILES string of the molecule is Cc1c(C)n(CC2CCSCC2)c2ncnc(N)c12. The molecule has 3 rings (SSSR count). The van der Waals surface area contributed by atoms with E-state index < -0.39 is 0 Å². The van der Waals surface area contributed by atoms with Crippen molar-refractivity contribution in [2.75, 3.05) is 17.2 Å². The Bertz CT molecular complexity index is 599. The highest BCUT2D eigenvalue weighted by Crippen LogP contribution is 2.30. The van der Waals surface area contributed by atoms with E-state index >= 15 is 0 Å². The van der Waals surface area contributed by atoms with Crippen molar-refractivity contribution in [3.63, 3.8) is 0 Å². The molecule has 0 atom stereocenters. The molecule has 19 heavy (non-hydrogen) atoms. The van der Waals surface area contributed by atoms with Crippen molar-refractivity contribution in [1.82, 2.24) is 14.5 Å². The van der Waals surface area contributed by atoms with Gasteiger partial charge in [0.05, 0.1) is 5.39 Å². The predicted octanol–water partition coefficient (Wildman–Crippen LogP) is 2.77. The maximum Gasteiger partial charge on any atom is 0.145 e. The summed E-state index contributed by atoms with van der Waals surface area (Å²) in [7, 11) is 0. The summed E-state index contributed by atoms with van der Waals surface area (Å²) in [6, 6.07) is 0. The van der Waals surface area contributed by atoms with Crippen LogP contribution in [0.2, 0.25) is 0 Å². The van der Waals surface area contributed by atoms with Crippen LogP contribution in [0.4, 0.5) is 5.82 Å². The van der Waals surface area contributed by atoms with E-state index in [4.69, 9.17) is 5.73 Å². The lowest BCUT2D eigenvalue weighted by Gasteiger charge is -2.22. The average Bonchev–Trinajstić information content (AvgIpc) is 2.66. The molecule has 1 fully saturated rings. The zero-order chi connectivity index (χ0) is 13.4. The summed E-state index contributed by atoms with van der Waals surface area (Å²) in [6.07, 6.45) is 4.19. The lowest BCUT2D eigenvalue weighted by Crippen LogP contribution is -2.17. The van der Waals surface area contributed by atoms with E-state index in [1.165, 1.54) is 35.6 Å². The summed E-state index contributed by atoms with van der Waals surface area (Å²) in [5, 5.41) is 1.03. The second-order valence-electron chi connectivity index (χ2n) is 5.33. The Balaban J connectivity index is 2.03. The van der Waals surface area contributed by atoms with Crippen LogP contribution in [0.1, 0.15) is 24.1 Å². The van der Waals surface area contributed by atoms with Gasteiger partial charge in [0.1, 0.15) is 17.8 Å². The molecule has 0 saturated carbocycles. The number of hydrogen-bond acceptors (Lipinski definition) is 4. The van der Waals surface area contributed by atoms with Gasteiger partial charge in [-0.25, -0.2) is 9.97 Å². The molecule has 5 heteroatoms. The molecule has 102 valence electrons. The van der Waals surface area contributed by atoms with Gasteiger partial charge in [-0.2, -0.15) is 11.8 Å². The number of rotatable bonds is 2. The molecular weight excluding hydrogens is 256 g/mol. The molecule has 1 saturated heterocycles. The second kappa shape index (κ2) is 5.04. The molecule has 1 aliphatic rings. The summed E-state index contributed by atoms with van der Waals surface area (Å²) in [6.45, 7) is 5.34. The molecule has 1 aliphatic heterocycles. The molecule has 0 unspecified atom stereocenters. The first-order valence-electron chi connectivity index (χ1n) is 6.82. The van der Waals surface area contributed by atoms with Crippen LogP contribution >= 0.6 is 11.8 Å². The highest BCUT2D eigenvalue weighted by atomic mass is 32.2. The summed E-state index contributed by atoms with van der Waals surface area (Å²) >= 11 is 2.07. The zero-order valence-corrected chi connectivity index (χ0v) is 12.3. The first-order chi connectivity index (χ1) is 9.18. The standard InChI is InChI=1S/C14H20N4S/c1-9-10(2)18(7-11-3-5-19-6-4-11)14-12(9)13(15)16-8-17-14/h8,11H,3-7H2,1-2H3,(H2,15,16,17). The fourth-order valence-corrected chi connectivity index (χ4v) is 4.11. The summed E-state index contributed by atoms with van der Waals surface area (Å²) in [5.74, 6) is 3.95. The molecule has 2 aromatic heterocycles. The third kappa shape index (κ3) is 2.20. The fraction of sp³-hybridized carbons (Fsp3) is 0.571. The van der Waals surface area contributed by atoms with Gasteiger partial charge < -0.3 is 10.3 Å². The highest BCUT2D eigenvalue weighted by Gasteiger charge is 2.19. The first kappa shape index (κ1) is 12.8. The van der Waals surface area contributed by atoms with E-state index in [9.17, 15) is 0 Å². The van der Waals surface area contributed by atoms with Gasteiger partial charge in [-0.05, 0) is 49.7 Å². The molecule has 2 N–H and O–H groups in total. The number of nitrogens with two attached hydrogens (primary N) is 1. The third-order valence-electron chi connectivity index (χ3n) is 4.22. The quantitative estimate of drug-likeness (QED) is 0.916. The molecule has 0 spiro atoms. The minimum Gasteiger partial charge on any atom is -0.383 e. The smallest absolute Gasteiger partial charge is 0.145 e. The number of anilines is 1. The van der Waals surface area contributed by atoms with E-state index in [1.807, 2.05) is 0 Å². The van der Waals surface area contributed by atoms with Crippen LogP contribution in [-0.2, 0) is 6.54 Å². The number of aryl methyl sites for hydroxylation is 1. The van der Waals surface area contributed by atoms with Gasteiger partial charge in [0.25, 0.3) is 0 Å². The topological polar surface area (TPSA) is 56.7 Å². The molecule has 2 aromatic rings. The van der Waals surface area contributed by atoms with Crippen LogP contribution in [0.15, 0.2) is 6.33 Å². The van der Waals surface area contributed by atoms with Gasteiger partial charge in [-0.3, -0.25) is 0 Å². The average molecular weight is 276 g/mol. The molecule has 0 bridgehead atoms. The van der Waals surface area contributed by atoms with Crippen LogP contribution in [0.5, 0.6) is 0 Å². The Hall–Kier alpha value is -1.23. The van der Waals surface area contributed by atoms with Gasteiger partial charge in [0, 0.05) is 12.2 Å². The zero-order valence-electron chi connectivity index (χ0n) is 11.5. The normalized spacial score (nSPS) is 17.2. The predicted molar refractivity (Wildman–Crippen MR) is 81.5 cm³/mol. The first-order valence-corrected chi connectivity index (χ1v) is 7.97. The fourth-order valence-electron chi connectivity index (χ4n) is 2.91. The van der Waals surface area contributed by atoms with E-state index in [0.29, 0.717) is 5.82 Å². The van der Waals surface area contributed by atoms with Gasteiger partial charge in [0.15, 0.2) is 0 Å². The van der Waals surface area contributed by atoms with Crippen LogP contribution in [-0.4, -0.2) is 26.0 Å². The van der Waals surface area contributed by atoms with Crippen molar-refractivity contribution >= 4 is 28.6 Å². The molecule has 0 aromatic carbocycles. The lowest BCUT2D eigenvalue weighted by molar-refractivity contribution is 0.418. The van der Waals surface area contributed by atoms with Crippen LogP contribution in [0, 0.1) is 19.8 Å². The summed E-state index contributed by atoms with van der Waals surface area (Å²) in [4.78, 5) is 8.58. The van der Waals surface area contributed by atoms with E-state index in [1.54, 1.807) is 6.33 Å². The van der Waals surface area contributed by atoms with E-state index in [0.717, 1.165) is 23.5 Å². The minimum absolute atomic E-state index is 0.601. The molecule has 0 aliphatic carbocycles. The largest absolute Gasteiger partial charge is 0.383 e. The van der Waals surface area contributed by atoms with Crippen molar-refractivity contribution in [2.24, 2.45) is 5.92 Å². The Morgan fingerprint density at radius 1 is 1.32 bits per heavy atom. The van der Waals surface area contributed by atoms with Gasteiger partial charge in [-0.15, -0.1) is 0 Å². The van der Waals surface area contributed by atoms with Crippen molar-refractivity contribution < 1.29 is 0 Å². The van der Waals surface area contributed by atoms with Gasteiger partial charge in [0.2, 0.25) is 0 Å². The number of thioether (sulfide) groups is 1. The number of hydrogen-bond donors (Lipinski definition) is 1. The summed E-state index contributed by atoms with van der Waals surface area (Å²) < 4.78 is 2.34. The van der Waals surface area contributed by atoms with Crippen molar-refractivity contribution in [3.8, 4) is 0 Å². The molecule has 3 heterocycles. The maximum atomic E-state index is 6.00. The maximum absolute atomic E-state index is 6.00. The summed E-state index contributed by atoms with van der Waals surface area (Å²) in [5.41, 5.74) is 9.50. The molecule has 0 amide bonds. The van der Waals surface area contributed by atoms with Crippen LogP contribution in [0.25, 0.3) is 11.0 Å². The third-order valence-corrected chi connectivity index (χ3v) is 5.27. The second-order valence-corrected chi connectivity index (χ2v) is 6.56. The lowest BCUT2D eigenvalue weighted by atomic mass is 10.0. The minimum atomic E-state index is 0.601. The number of nitrogen functional groups attached to an aromatic ring is 1. The van der Waals surface area contributed by atoms with Crippen LogP contribution in [0.3, 0.4) is 0 Å². The molecular formula is C14H20N4S. The van der Waals surface area contributed by atoms with Gasteiger partial charge in [-0.1, -0.05) is 0 Å². The monoisotopic (exact) mass is 276 g/mol. The number of aromatic nitrogens is 3. The molecule has 4 nitrogen and oxygen atoms in total. The number of fused-ring (bicyclic) bond motifs is 1. The van der Waals surface area contributed by atoms with E-state index in [2.05, 4.69) is 40.1 Å². The molecule has 0 radical (unpaired) electrons. The van der Waals surface area contributed by atoms with Crippen molar-refractivity contribution in [3.05, 3.63) is 17.6 Å².